The average molecular weight is 764 g/mol. The summed E-state index contributed by atoms with van der Waals surface area (Å²) < 4.78 is 31.3. The summed E-state index contributed by atoms with van der Waals surface area (Å²) in [4.78, 5) is 44.0. The Kier molecular flexibility index (Phi) is 14.6. The Morgan fingerprint density at radius 1 is 1.11 bits per heavy atom. The van der Waals surface area contributed by atoms with Crippen molar-refractivity contribution >= 4 is 29.4 Å². The summed E-state index contributed by atoms with van der Waals surface area (Å²) in [7, 11) is 5.39. The smallest absolute Gasteiger partial charge is 0.425 e. The van der Waals surface area contributed by atoms with Gasteiger partial charge in [0.25, 0.3) is 0 Å². The van der Waals surface area contributed by atoms with Gasteiger partial charge in [-0.05, 0) is 85.5 Å². The molecule has 3 heterocycles. The van der Waals surface area contributed by atoms with Gasteiger partial charge in [0.2, 0.25) is 0 Å². The number of hydrogen-bond donors (Lipinski definition) is 2. The Morgan fingerprint density at radius 3 is 2.42 bits per heavy atom. The van der Waals surface area contributed by atoms with Crippen molar-refractivity contribution < 1.29 is 43.2 Å². The molecule has 3 aliphatic rings. The standard InChI is InChI=1S/C40H62ClN3O9/c1-12-31-40(8)34(44(38(48)53-40)42-19-15-17-28-16-13-14-18-29(28)41)27(6)32(45)25(4)22-39(7,49-11)35(23(2)20-24(3)36(47)51-31)52-37-33(46)30(43(9)10)21-26(5)50-37/h13-14,16,18,20,23,25-27,30-31,33-35,37,42,46H,12,15,17,19,21-22H2,1-11H3/b24-20+/t23-,25+,26+,27-,30-,31?,33+,34+,35+,37-,39+,40+/m0/s1. The second-order valence-corrected chi connectivity index (χ2v) is 16.3. The van der Waals surface area contributed by atoms with E-state index < -0.39 is 71.7 Å². The predicted octanol–water partition coefficient (Wildman–Crippen LogP) is 5.72. The van der Waals surface area contributed by atoms with Crippen LogP contribution in [0.25, 0.3) is 0 Å². The lowest BCUT2D eigenvalue weighted by atomic mass is 9.74. The molecule has 0 radical (unpaired) electrons. The number of carbonyl (C=O) groups excluding carboxylic acids is 3. The van der Waals surface area contributed by atoms with Gasteiger partial charge in [-0.1, -0.05) is 63.6 Å². The molecule has 0 aromatic heterocycles. The number of hydrogen-bond acceptors (Lipinski definition) is 11. The lowest BCUT2D eigenvalue weighted by Gasteiger charge is -2.46. The summed E-state index contributed by atoms with van der Waals surface area (Å²) in [5.74, 6) is -2.44. The summed E-state index contributed by atoms with van der Waals surface area (Å²) >= 11 is 6.38. The minimum atomic E-state index is -1.35. The van der Waals surface area contributed by atoms with Gasteiger partial charge in [0, 0.05) is 48.0 Å². The molecule has 2 fully saturated rings. The van der Waals surface area contributed by atoms with E-state index >= 15 is 0 Å². The van der Waals surface area contributed by atoms with E-state index in [0.717, 1.165) is 5.56 Å². The van der Waals surface area contributed by atoms with Crippen LogP contribution in [0.3, 0.4) is 0 Å². The van der Waals surface area contributed by atoms with Gasteiger partial charge >= 0.3 is 12.1 Å². The number of methoxy groups -OCH3 is 1. The van der Waals surface area contributed by atoms with Crippen LogP contribution in [0.1, 0.15) is 86.6 Å². The van der Waals surface area contributed by atoms with E-state index in [1.807, 2.05) is 77.9 Å². The first-order chi connectivity index (χ1) is 24.9. The molecule has 0 spiro atoms. The van der Waals surface area contributed by atoms with Crippen molar-refractivity contribution in [3.8, 4) is 0 Å². The second kappa shape index (κ2) is 17.9. The Labute approximate surface area is 320 Å². The first-order valence-corrected chi connectivity index (χ1v) is 19.4. The fourth-order valence-corrected chi connectivity index (χ4v) is 8.85. The second-order valence-electron chi connectivity index (χ2n) is 15.9. The zero-order chi connectivity index (χ0) is 39.4. The number of halogens is 1. The number of aliphatic hydroxyl groups excluding tert-OH is 1. The molecular weight excluding hydrogens is 702 g/mol. The van der Waals surface area contributed by atoms with Gasteiger partial charge in [-0.2, -0.15) is 0 Å². The number of carbonyl (C=O) groups is 3. The topological polar surface area (TPSA) is 136 Å². The number of ether oxygens (including phenoxy) is 5. The summed E-state index contributed by atoms with van der Waals surface area (Å²) in [5, 5.41) is 13.5. The summed E-state index contributed by atoms with van der Waals surface area (Å²) in [6.45, 7) is 15.1. The maximum atomic E-state index is 14.6. The van der Waals surface area contributed by atoms with Crippen molar-refractivity contribution in [1.29, 1.82) is 0 Å². The normalized spacial score (nSPS) is 38.5. The van der Waals surface area contributed by atoms with Gasteiger partial charge in [-0.3, -0.25) is 4.79 Å². The Balaban J connectivity index is 1.70. The molecule has 0 aliphatic carbocycles. The number of ketones is 1. The number of hydrazine groups is 1. The highest BCUT2D eigenvalue weighted by molar-refractivity contribution is 6.31. The van der Waals surface area contributed by atoms with Gasteiger partial charge in [-0.15, -0.1) is 0 Å². The fraction of sp³-hybridized carbons (Fsp3) is 0.725. The lowest BCUT2D eigenvalue weighted by molar-refractivity contribution is -0.294. The Bertz CT molecular complexity index is 1480. The zero-order valence-corrected chi connectivity index (χ0v) is 34.1. The molecule has 13 heteroatoms. The quantitative estimate of drug-likeness (QED) is 0.224. The SMILES string of the molecule is CCC1OC(=O)/C(C)=C/[C@H](C)[C@@H](O[C@@H]2O[C@H](C)C[C@H](N(C)C)[C@H]2O)[C@](C)(OC)C[C@@H](C)C(=O)[C@H](C)[C@H]2N(NCCCc3ccccc3Cl)C(=O)O[C@]12C. The monoisotopic (exact) mass is 763 g/mol. The first-order valence-electron chi connectivity index (χ1n) is 19.0. The largest absolute Gasteiger partial charge is 0.455 e. The van der Waals surface area contributed by atoms with Gasteiger partial charge in [0.1, 0.15) is 24.0 Å². The number of Topliss-reactive ketones (excluding diaryl/α,β-unsaturated/α-hetero) is 1. The van der Waals surface area contributed by atoms with Crippen LogP contribution < -0.4 is 5.43 Å². The third-order valence-electron chi connectivity index (χ3n) is 11.5. The van der Waals surface area contributed by atoms with E-state index in [9.17, 15) is 19.5 Å². The third kappa shape index (κ3) is 9.45. The lowest BCUT2D eigenvalue weighted by Crippen LogP contribution is -2.60. The predicted molar refractivity (Wildman–Crippen MR) is 202 cm³/mol. The van der Waals surface area contributed by atoms with Crippen LogP contribution in [-0.2, 0) is 39.7 Å². The van der Waals surface area contributed by atoms with E-state index in [4.69, 9.17) is 35.3 Å². The molecule has 1 aromatic carbocycles. The van der Waals surface area contributed by atoms with Crippen LogP contribution in [0.5, 0.6) is 0 Å². The maximum absolute atomic E-state index is 14.6. The molecule has 0 saturated carbocycles. The van der Waals surface area contributed by atoms with Crippen LogP contribution in [-0.4, -0.2) is 115 Å². The number of rotatable bonds is 10. The number of nitrogens with one attached hydrogen (secondary N) is 1. The molecule has 298 valence electrons. The summed E-state index contributed by atoms with van der Waals surface area (Å²) in [6, 6.07) is 6.61. The highest BCUT2D eigenvalue weighted by atomic mass is 35.5. The minimum absolute atomic E-state index is 0.114. The number of aliphatic hydroxyl groups is 1. The zero-order valence-electron chi connectivity index (χ0n) is 33.4. The van der Waals surface area contributed by atoms with E-state index in [2.05, 4.69) is 5.43 Å². The van der Waals surface area contributed by atoms with Crippen molar-refractivity contribution in [3.05, 3.63) is 46.5 Å². The number of benzene rings is 1. The van der Waals surface area contributed by atoms with E-state index in [1.165, 1.54) is 5.01 Å². The first kappa shape index (κ1) is 43.2. The minimum Gasteiger partial charge on any atom is -0.455 e. The number of nitrogens with zero attached hydrogens (tertiary/aromatic N) is 2. The molecule has 53 heavy (non-hydrogen) atoms. The third-order valence-corrected chi connectivity index (χ3v) is 11.9. The molecule has 1 aromatic rings. The van der Waals surface area contributed by atoms with Gasteiger partial charge in [-0.25, -0.2) is 20.0 Å². The fourth-order valence-electron chi connectivity index (χ4n) is 8.62. The molecule has 12 nitrogen and oxygen atoms in total. The molecule has 2 saturated heterocycles. The van der Waals surface area contributed by atoms with Gasteiger partial charge in [0.15, 0.2) is 11.9 Å². The number of likely N-dealkylation sites (N-methyl/N-ethyl adjacent to an activating group) is 1. The number of cyclic esters (lactones) is 1. The average Bonchev–Trinajstić information content (AvgIpc) is 3.37. The molecule has 1 unspecified atom stereocenters. The van der Waals surface area contributed by atoms with Crippen LogP contribution in [0, 0.1) is 17.8 Å². The van der Waals surface area contributed by atoms with Gasteiger partial charge < -0.3 is 33.7 Å². The van der Waals surface area contributed by atoms with Crippen molar-refractivity contribution in [2.45, 2.75) is 141 Å². The molecule has 2 N–H and O–H groups in total. The summed E-state index contributed by atoms with van der Waals surface area (Å²) in [6.07, 6.45) is -0.0701. The molecular formula is C40H62ClN3O9. The number of amides is 1. The number of aryl methyl sites for hydroxylation is 1. The van der Waals surface area contributed by atoms with E-state index in [-0.39, 0.29) is 24.3 Å². The summed E-state index contributed by atoms with van der Waals surface area (Å²) in [5.41, 5.74) is 2.14. The van der Waals surface area contributed by atoms with Crippen LogP contribution in [0.4, 0.5) is 4.79 Å². The van der Waals surface area contributed by atoms with Crippen molar-refractivity contribution in [2.24, 2.45) is 17.8 Å². The molecule has 1 amide bonds. The van der Waals surface area contributed by atoms with Crippen molar-refractivity contribution in [3.63, 3.8) is 0 Å². The maximum Gasteiger partial charge on any atom is 0.425 e. The molecule has 12 atom stereocenters. The highest BCUT2D eigenvalue weighted by Gasteiger charge is 2.60. The van der Waals surface area contributed by atoms with Crippen LogP contribution in [0.15, 0.2) is 35.9 Å². The van der Waals surface area contributed by atoms with Gasteiger partial charge in [0.05, 0.1) is 17.8 Å². The van der Waals surface area contributed by atoms with E-state index in [1.54, 1.807) is 34.0 Å². The van der Waals surface area contributed by atoms with Crippen molar-refractivity contribution in [1.82, 2.24) is 15.3 Å². The van der Waals surface area contributed by atoms with Crippen LogP contribution in [0.2, 0.25) is 5.02 Å². The number of esters is 1. The van der Waals surface area contributed by atoms with Crippen LogP contribution >= 0.6 is 11.6 Å². The molecule has 3 aliphatic heterocycles. The number of fused-ring (bicyclic) bond motifs is 1. The molecule has 4 rings (SSSR count). The van der Waals surface area contributed by atoms with Crippen molar-refractivity contribution in [2.75, 3.05) is 27.7 Å². The Hall–Kier alpha value is -2.58. The molecule has 0 bridgehead atoms. The highest BCUT2D eigenvalue weighted by Crippen LogP contribution is 2.42. The van der Waals surface area contributed by atoms with E-state index in [0.29, 0.717) is 42.8 Å². The Morgan fingerprint density at radius 2 is 1.79 bits per heavy atom.